The average Bonchev–Trinajstić information content (AvgIpc) is 3.62. The Balaban J connectivity index is 1.21. The molecule has 0 bridgehead atoms. The Morgan fingerprint density at radius 3 is 2.52 bits per heavy atom. The average molecular weight is 524 g/mol. The van der Waals surface area contributed by atoms with Crippen LogP contribution in [0.15, 0.2) is 97.6 Å². The number of benzene rings is 1. The van der Waals surface area contributed by atoms with Crippen molar-refractivity contribution in [2.45, 2.75) is 6.42 Å². The summed E-state index contributed by atoms with van der Waals surface area (Å²) < 4.78 is 0. The largest absolute Gasteiger partial charge is 0.336 e. The molecule has 10 heteroatoms. The van der Waals surface area contributed by atoms with Crippen molar-refractivity contribution in [3.05, 3.63) is 103 Å². The highest BCUT2D eigenvalue weighted by Gasteiger charge is 2.18. The third kappa shape index (κ3) is 4.43. The normalized spacial score (nSPS) is 11.2. The van der Waals surface area contributed by atoms with Crippen LogP contribution in [-0.4, -0.2) is 46.0 Å². The van der Waals surface area contributed by atoms with Crippen LogP contribution in [0.4, 0.5) is 5.69 Å². The SMILES string of the molecule is O=C(Cc1ccccc1)Nc1cncc(-c2ccc3[nH]nc(-c4nc5c(-c6ccccn6)nccc5[nH]4)c3n2)c1. The molecule has 1 aromatic carbocycles. The van der Waals surface area contributed by atoms with Gasteiger partial charge >= 0.3 is 0 Å². The number of nitrogens with zero attached hydrogens (tertiary/aromatic N) is 6. The maximum Gasteiger partial charge on any atom is 0.228 e. The number of rotatable bonds is 6. The number of imidazole rings is 1. The quantitative estimate of drug-likeness (QED) is 0.272. The molecule has 7 rings (SSSR count). The highest BCUT2D eigenvalue weighted by atomic mass is 16.1. The van der Waals surface area contributed by atoms with Gasteiger partial charge in [-0.2, -0.15) is 5.10 Å². The molecular formula is C30H21N9O. The number of H-pyrrole nitrogens is 2. The third-order valence-corrected chi connectivity index (χ3v) is 6.47. The molecule has 0 saturated carbocycles. The first-order valence-corrected chi connectivity index (χ1v) is 12.6. The van der Waals surface area contributed by atoms with Gasteiger partial charge in [-0.05, 0) is 42.0 Å². The Morgan fingerprint density at radius 1 is 0.775 bits per heavy atom. The maximum absolute atomic E-state index is 12.6. The zero-order valence-corrected chi connectivity index (χ0v) is 21.0. The fraction of sp³-hybridized carbons (Fsp3) is 0.0333. The molecule has 3 N–H and O–H groups in total. The minimum atomic E-state index is -0.116. The Kier molecular flexibility index (Phi) is 5.74. The second-order valence-electron chi connectivity index (χ2n) is 9.19. The van der Waals surface area contributed by atoms with Crippen LogP contribution < -0.4 is 5.32 Å². The number of fused-ring (bicyclic) bond motifs is 2. The van der Waals surface area contributed by atoms with Crippen LogP contribution in [-0.2, 0) is 11.2 Å². The third-order valence-electron chi connectivity index (χ3n) is 6.47. The lowest BCUT2D eigenvalue weighted by molar-refractivity contribution is -0.115. The first-order chi connectivity index (χ1) is 19.7. The van der Waals surface area contributed by atoms with Crippen LogP contribution in [0.3, 0.4) is 0 Å². The van der Waals surface area contributed by atoms with Crippen LogP contribution >= 0.6 is 0 Å². The Labute approximate surface area is 227 Å². The summed E-state index contributed by atoms with van der Waals surface area (Å²) in [5, 5.41) is 10.5. The lowest BCUT2D eigenvalue weighted by Crippen LogP contribution is -2.14. The monoisotopic (exact) mass is 523 g/mol. The van der Waals surface area contributed by atoms with Crippen LogP contribution in [0.2, 0.25) is 0 Å². The van der Waals surface area contributed by atoms with Crippen LogP contribution in [0.5, 0.6) is 0 Å². The molecule has 6 aromatic heterocycles. The van der Waals surface area contributed by atoms with Crippen molar-refractivity contribution >= 4 is 33.7 Å². The van der Waals surface area contributed by atoms with E-state index in [4.69, 9.17) is 9.97 Å². The molecular weight excluding hydrogens is 502 g/mol. The molecule has 1 amide bonds. The highest BCUT2D eigenvalue weighted by Crippen LogP contribution is 2.30. The van der Waals surface area contributed by atoms with Gasteiger partial charge in [0, 0.05) is 24.2 Å². The molecule has 6 heterocycles. The van der Waals surface area contributed by atoms with Gasteiger partial charge in [0.25, 0.3) is 0 Å². The van der Waals surface area contributed by atoms with E-state index in [0.29, 0.717) is 39.6 Å². The molecule has 0 unspecified atom stereocenters. The summed E-state index contributed by atoms with van der Waals surface area (Å²) in [6.45, 7) is 0. The number of hydrogen-bond donors (Lipinski definition) is 3. The molecule has 0 aliphatic rings. The van der Waals surface area contributed by atoms with Crippen molar-refractivity contribution in [3.8, 4) is 34.2 Å². The number of nitrogens with one attached hydrogen (secondary N) is 3. The van der Waals surface area contributed by atoms with Gasteiger partial charge in [-0.15, -0.1) is 0 Å². The van der Waals surface area contributed by atoms with Gasteiger partial charge in [-0.1, -0.05) is 36.4 Å². The molecule has 192 valence electrons. The summed E-state index contributed by atoms with van der Waals surface area (Å²) in [6.07, 6.45) is 7.08. The topological polar surface area (TPSA) is 138 Å². The number of aromatic nitrogens is 8. The van der Waals surface area contributed by atoms with Gasteiger partial charge in [-0.25, -0.2) is 9.97 Å². The molecule has 0 aliphatic heterocycles. The lowest BCUT2D eigenvalue weighted by atomic mass is 10.1. The van der Waals surface area contributed by atoms with Crippen molar-refractivity contribution in [2.75, 3.05) is 5.32 Å². The zero-order valence-electron chi connectivity index (χ0n) is 21.0. The molecule has 0 spiro atoms. The minimum Gasteiger partial charge on any atom is -0.336 e. The van der Waals surface area contributed by atoms with Crippen molar-refractivity contribution in [2.24, 2.45) is 0 Å². The Morgan fingerprint density at radius 2 is 1.65 bits per heavy atom. The van der Waals surface area contributed by atoms with E-state index in [0.717, 1.165) is 27.9 Å². The second kappa shape index (κ2) is 9.84. The number of pyridine rings is 4. The smallest absolute Gasteiger partial charge is 0.228 e. The van der Waals surface area contributed by atoms with E-state index in [9.17, 15) is 4.79 Å². The number of hydrogen-bond acceptors (Lipinski definition) is 7. The standard InChI is InChI=1S/C30H21N9O/c40-25(14-18-6-2-1-3-7-18)34-20-15-19(16-31-17-20)21-9-10-24-28(35-21)29(39-38-24)30-36-23-11-13-33-26(27(23)37-30)22-8-4-5-12-32-22/h1-13,15-17H,14H2,(H,34,40)(H,36,37)(H,38,39). The fourth-order valence-electron chi connectivity index (χ4n) is 4.60. The highest BCUT2D eigenvalue weighted by molar-refractivity contribution is 5.95. The first kappa shape index (κ1) is 23.4. The zero-order chi connectivity index (χ0) is 26.9. The first-order valence-electron chi connectivity index (χ1n) is 12.6. The van der Waals surface area contributed by atoms with E-state index in [1.165, 1.54) is 0 Å². The van der Waals surface area contributed by atoms with Gasteiger partial charge < -0.3 is 10.3 Å². The summed E-state index contributed by atoms with van der Waals surface area (Å²) in [5.74, 6) is 0.450. The molecule has 0 aliphatic carbocycles. The molecule has 7 aromatic rings. The number of aromatic amines is 2. The van der Waals surface area contributed by atoms with Crippen molar-refractivity contribution < 1.29 is 4.79 Å². The van der Waals surface area contributed by atoms with Gasteiger partial charge in [0.1, 0.15) is 16.7 Å². The summed E-state index contributed by atoms with van der Waals surface area (Å²) in [5.41, 5.74) is 7.94. The predicted octanol–water partition coefficient (Wildman–Crippen LogP) is 5.20. The summed E-state index contributed by atoms with van der Waals surface area (Å²) in [6, 6.07) is 22.8. The van der Waals surface area contributed by atoms with Crippen molar-refractivity contribution in [1.29, 1.82) is 0 Å². The van der Waals surface area contributed by atoms with Crippen molar-refractivity contribution in [3.63, 3.8) is 0 Å². The lowest BCUT2D eigenvalue weighted by Gasteiger charge is -2.07. The van der Waals surface area contributed by atoms with Crippen LogP contribution in [0.25, 0.3) is 56.2 Å². The summed E-state index contributed by atoms with van der Waals surface area (Å²) >= 11 is 0. The Hall–Kier alpha value is -5.77. The predicted molar refractivity (Wildman–Crippen MR) is 152 cm³/mol. The molecule has 0 saturated heterocycles. The van der Waals surface area contributed by atoms with E-state index in [1.54, 1.807) is 24.8 Å². The maximum atomic E-state index is 12.6. The molecule has 40 heavy (non-hydrogen) atoms. The van der Waals surface area contributed by atoms with E-state index in [2.05, 4.69) is 35.5 Å². The minimum absolute atomic E-state index is 0.116. The van der Waals surface area contributed by atoms with Crippen LogP contribution in [0.1, 0.15) is 5.56 Å². The summed E-state index contributed by atoms with van der Waals surface area (Å²) in [4.78, 5) is 38.9. The number of carbonyl (C=O) groups is 1. The molecule has 0 radical (unpaired) electrons. The second-order valence-corrected chi connectivity index (χ2v) is 9.19. The summed E-state index contributed by atoms with van der Waals surface area (Å²) in [7, 11) is 0. The molecule has 10 nitrogen and oxygen atoms in total. The van der Waals surface area contributed by atoms with Crippen molar-refractivity contribution in [1.82, 2.24) is 40.1 Å². The van der Waals surface area contributed by atoms with E-state index in [1.807, 2.05) is 72.8 Å². The van der Waals surface area contributed by atoms with Gasteiger partial charge in [0.15, 0.2) is 11.5 Å². The molecule has 0 fully saturated rings. The Bertz CT molecular complexity index is 1980. The van der Waals surface area contributed by atoms with Gasteiger partial charge in [0.05, 0.1) is 40.7 Å². The fourth-order valence-corrected chi connectivity index (χ4v) is 4.60. The number of amides is 1. The van der Waals surface area contributed by atoms with Crippen LogP contribution in [0, 0.1) is 0 Å². The number of anilines is 1. The molecule has 0 atom stereocenters. The van der Waals surface area contributed by atoms with E-state index in [-0.39, 0.29) is 12.3 Å². The van der Waals surface area contributed by atoms with E-state index >= 15 is 0 Å². The van der Waals surface area contributed by atoms with Gasteiger partial charge in [-0.3, -0.25) is 24.8 Å². The van der Waals surface area contributed by atoms with Gasteiger partial charge in [0.2, 0.25) is 5.91 Å². The number of carbonyl (C=O) groups excluding carboxylic acids is 1. The van der Waals surface area contributed by atoms with E-state index < -0.39 is 0 Å².